The van der Waals surface area contributed by atoms with Crippen LogP contribution in [0.15, 0.2) is 16.7 Å². The van der Waals surface area contributed by atoms with E-state index in [0.29, 0.717) is 30.4 Å². The Morgan fingerprint density at radius 3 is 3.05 bits per heavy atom. The first-order valence-electron chi connectivity index (χ1n) is 6.37. The molecule has 0 unspecified atom stereocenters. The molecule has 0 spiro atoms. The smallest absolute Gasteiger partial charge is 0.224 e. The Kier molecular flexibility index (Phi) is 3.02. The Labute approximate surface area is 115 Å². The highest BCUT2D eigenvalue weighted by molar-refractivity contribution is 5.95. The number of nitrogens with zero attached hydrogens (tertiary/aromatic N) is 2. The number of nitrogens with one attached hydrogen (secondary N) is 2. The number of amides is 1. The van der Waals surface area contributed by atoms with Gasteiger partial charge >= 0.3 is 0 Å². The van der Waals surface area contributed by atoms with Gasteiger partial charge in [-0.05, 0) is 24.1 Å². The van der Waals surface area contributed by atoms with Crippen molar-refractivity contribution in [1.29, 1.82) is 0 Å². The highest BCUT2D eigenvalue weighted by atomic mass is 16.5. The fraction of sp³-hybridized carbons (Fsp3) is 0.308. The number of fused-ring (bicyclic) bond motifs is 1. The fourth-order valence-electron chi connectivity index (χ4n) is 2.19. The van der Waals surface area contributed by atoms with E-state index in [0.717, 1.165) is 23.4 Å². The quantitative estimate of drug-likeness (QED) is 0.731. The highest BCUT2D eigenvalue weighted by Gasteiger charge is 2.16. The molecule has 0 atom stereocenters. The van der Waals surface area contributed by atoms with Crippen LogP contribution in [0.5, 0.6) is 0 Å². The number of nitrogen functional groups attached to an aromatic ring is 1. The SMILES string of the molecule is Cc1nc(CNc2cc3c(cc2N)CCC(=O)N3)no1. The van der Waals surface area contributed by atoms with Crippen molar-refractivity contribution in [3.63, 3.8) is 0 Å². The molecule has 0 aliphatic carbocycles. The third-order valence-electron chi connectivity index (χ3n) is 3.18. The maximum absolute atomic E-state index is 11.4. The van der Waals surface area contributed by atoms with Gasteiger partial charge in [0.2, 0.25) is 11.8 Å². The van der Waals surface area contributed by atoms with E-state index in [9.17, 15) is 4.79 Å². The molecule has 0 saturated heterocycles. The van der Waals surface area contributed by atoms with E-state index >= 15 is 0 Å². The summed E-state index contributed by atoms with van der Waals surface area (Å²) >= 11 is 0. The van der Waals surface area contributed by atoms with E-state index in [2.05, 4.69) is 20.8 Å². The molecule has 0 saturated carbocycles. The molecule has 1 aliphatic rings. The Bertz CT molecular complexity index is 665. The van der Waals surface area contributed by atoms with Crippen LogP contribution in [0.2, 0.25) is 0 Å². The van der Waals surface area contributed by atoms with Crippen molar-refractivity contribution in [3.05, 3.63) is 29.4 Å². The maximum Gasteiger partial charge on any atom is 0.224 e. The second kappa shape index (κ2) is 4.84. The Morgan fingerprint density at radius 2 is 2.30 bits per heavy atom. The van der Waals surface area contributed by atoms with Crippen LogP contribution in [0.25, 0.3) is 0 Å². The summed E-state index contributed by atoms with van der Waals surface area (Å²) in [6, 6.07) is 3.73. The van der Waals surface area contributed by atoms with Crippen molar-refractivity contribution in [3.8, 4) is 0 Å². The van der Waals surface area contributed by atoms with Gasteiger partial charge in [-0.25, -0.2) is 0 Å². The molecule has 2 aromatic rings. The molecule has 3 rings (SSSR count). The Balaban J connectivity index is 1.79. The summed E-state index contributed by atoms with van der Waals surface area (Å²) in [6.07, 6.45) is 1.22. The molecule has 7 nitrogen and oxygen atoms in total. The third kappa shape index (κ3) is 2.42. The summed E-state index contributed by atoms with van der Waals surface area (Å²) in [5, 5.41) is 9.79. The van der Waals surface area contributed by atoms with Gasteiger partial charge in [-0.1, -0.05) is 5.16 Å². The Hall–Kier alpha value is -2.57. The van der Waals surface area contributed by atoms with Crippen LogP contribution < -0.4 is 16.4 Å². The highest BCUT2D eigenvalue weighted by Crippen LogP contribution is 2.31. The van der Waals surface area contributed by atoms with Gasteiger partial charge in [-0.15, -0.1) is 0 Å². The summed E-state index contributed by atoms with van der Waals surface area (Å²) in [5.74, 6) is 1.11. The number of hydrogen-bond acceptors (Lipinski definition) is 6. The molecule has 104 valence electrons. The number of carbonyl (C=O) groups is 1. The lowest BCUT2D eigenvalue weighted by atomic mass is 10.0. The average molecular weight is 273 g/mol. The Morgan fingerprint density at radius 1 is 1.45 bits per heavy atom. The predicted octanol–water partition coefficient (Wildman–Crippen LogP) is 1.46. The first-order chi connectivity index (χ1) is 9.61. The zero-order valence-corrected chi connectivity index (χ0v) is 11.1. The summed E-state index contributed by atoms with van der Waals surface area (Å²) in [7, 11) is 0. The monoisotopic (exact) mass is 273 g/mol. The van der Waals surface area contributed by atoms with Crippen molar-refractivity contribution >= 4 is 23.0 Å². The predicted molar refractivity (Wildman–Crippen MR) is 74.2 cm³/mol. The zero-order valence-electron chi connectivity index (χ0n) is 11.1. The molecular formula is C13H15N5O2. The molecule has 1 aliphatic heterocycles. The summed E-state index contributed by atoms with van der Waals surface area (Å²) in [4.78, 5) is 15.5. The van der Waals surface area contributed by atoms with Gasteiger partial charge in [0, 0.05) is 19.0 Å². The van der Waals surface area contributed by atoms with E-state index in [4.69, 9.17) is 10.3 Å². The van der Waals surface area contributed by atoms with Crippen LogP contribution in [0.4, 0.5) is 17.1 Å². The van der Waals surface area contributed by atoms with E-state index in [-0.39, 0.29) is 5.91 Å². The van der Waals surface area contributed by atoms with Crippen LogP contribution in [-0.4, -0.2) is 16.0 Å². The normalized spacial score (nSPS) is 13.8. The van der Waals surface area contributed by atoms with Gasteiger partial charge in [0.1, 0.15) is 0 Å². The molecule has 1 aromatic carbocycles. The van der Waals surface area contributed by atoms with Crippen LogP contribution >= 0.6 is 0 Å². The molecular weight excluding hydrogens is 258 g/mol. The van der Waals surface area contributed by atoms with E-state index in [1.807, 2.05) is 12.1 Å². The van der Waals surface area contributed by atoms with Crippen molar-refractivity contribution in [2.24, 2.45) is 0 Å². The van der Waals surface area contributed by atoms with Crippen LogP contribution in [0.1, 0.15) is 23.7 Å². The molecule has 1 amide bonds. The standard InChI is InChI=1S/C13H15N5O2/c1-7-16-12(18-20-7)6-15-11-5-10-8(4-9(11)14)2-3-13(19)17-10/h4-5,15H,2-3,6,14H2,1H3,(H,17,19). The van der Waals surface area contributed by atoms with Gasteiger partial charge in [0.25, 0.3) is 0 Å². The lowest BCUT2D eigenvalue weighted by molar-refractivity contribution is -0.116. The summed E-state index contributed by atoms with van der Waals surface area (Å²) in [6.45, 7) is 2.15. The van der Waals surface area contributed by atoms with Crippen LogP contribution in [-0.2, 0) is 17.8 Å². The minimum Gasteiger partial charge on any atom is -0.397 e. The van der Waals surface area contributed by atoms with Gasteiger partial charge in [-0.2, -0.15) is 4.98 Å². The lowest BCUT2D eigenvalue weighted by Gasteiger charge is -2.19. The van der Waals surface area contributed by atoms with Gasteiger partial charge in [0.15, 0.2) is 5.82 Å². The fourth-order valence-corrected chi connectivity index (χ4v) is 2.19. The van der Waals surface area contributed by atoms with Crippen LogP contribution in [0, 0.1) is 6.92 Å². The van der Waals surface area contributed by atoms with Crippen molar-refractivity contribution in [2.75, 3.05) is 16.4 Å². The first-order valence-corrected chi connectivity index (χ1v) is 6.37. The van der Waals surface area contributed by atoms with Crippen molar-refractivity contribution in [1.82, 2.24) is 10.1 Å². The number of nitrogens with two attached hydrogens (primary N) is 1. The van der Waals surface area contributed by atoms with Crippen LogP contribution in [0.3, 0.4) is 0 Å². The zero-order chi connectivity index (χ0) is 14.1. The number of hydrogen-bond donors (Lipinski definition) is 3. The van der Waals surface area contributed by atoms with Gasteiger partial charge in [0.05, 0.1) is 17.9 Å². The maximum atomic E-state index is 11.4. The van der Waals surface area contributed by atoms with E-state index in [1.165, 1.54) is 0 Å². The second-order valence-electron chi connectivity index (χ2n) is 4.73. The molecule has 0 radical (unpaired) electrons. The minimum atomic E-state index is 0.0296. The third-order valence-corrected chi connectivity index (χ3v) is 3.18. The molecule has 2 heterocycles. The minimum absolute atomic E-state index is 0.0296. The van der Waals surface area contributed by atoms with Crippen molar-refractivity contribution in [2.45, 2.75) is 26.3 Å². The molecule has 1 aromatic heterocycles. The summed E-state index contributed by atoms with van der Waals surface area (Å²) in [5.41, 5.74) is 9.26. The number of carbonyl (C=O) groups excluding carboxylic acids is 1. The number of anilines is 3. The molecule has 7 heteroatoms. The number of benzene rings is 1. The molecule has 20 heavy (non-hydrogen) atoms. The molecule has 4 N–H and O–H groups in total. The first kappa shape index (κ1) is 12.5. The lowest BCUT2D eigenvalue weighted by Crippen LogP contribution is -2.19. The largest absolute Gasteiger partial charge is 0.397 e. The molecule has 0 fully saturated rings. The number of aromatic nitrogens is 2. The second-order valence-corrected chi connectivity index (χ2v) is 4.73. The van der Waals surface area contributed by atoms with Gasteiger partial charge < -0.3 is 20.9 Å². The topological polar surface area (TPSA) is 106 Å². The average Bonchev–Trinajstić information content (AvgIpc) is 2.83. The summed E-state index contributed by atoms with van der Waals surface area (Å²) < 4.78 is 4.90. The number of aryl methyl sites for hydroxylation is 2. The van der Waals surface area contributed by atoms with E-state index < -0.39 is 0 Å². The van der Waals surface area contributed by atoms with Crippen molar-refractivity contribution < 1.29 is 9.32 Å². The number of rotatable bonds is 3. The van der Waals surface area contributed by atoms with Gasteiger partial charge in [-0.3, -0.25) is 4.79 Å². The van der Waals surface area contributed by atoms with E-state index in [1.54, 1.807) is 6.92 Å². The molecule has 0 bridgehead atoms.